The lowest BCUT2D eigenvalue weighted by atomic mass is 9.92. The van der Waals surface area contributed by atoms with Crippen molar-refractivity contribution in [1.29, 1.82) is 0 Å². The number of nitrogens with one attached hydrogen (secondary N) is 1. The molecule has 1 aliphatic rings. The summed E-state index contributed by atoms with van der Waals surface area (Å²) in [7, 11) is 1.95. The Bertz CT molecular complexity index is 314. The van der Waals surface area contributed by atoms with Crippen LogP contribution in [0.4, 0.5) is 5.82 Å². The van der Waals surface area contributed by atoms with Crippen LogP contribution in [0.2, 0.25) is 0 Å². The lowest BCUT2D eigenvalue weighted by Crippen LogP contribution is -2.17. The zero-order valence-electron chi connectivity index (χ0n) is 9.25. The topological polar surface area (TPSA) is 29.9 Å². The Morgan fingerprint density at radius 1 is 1.57 bits per heavy atom. The Morgan fingerprint density at radius 2 is 2.36 bits per heavy atom. The number of aromatic nitrogens is 2. The third-order valence-corrected chi connectivity index (χ3v) is 3.03. The van der Waals surface area contributed by atoms with Crippen LogP contribution < -0.4 is 5.32 Å². The molecule has 0 aromatic carbocycles. The second-order valence-corrected chi connectivity index (χ2v) is 5.12. The maximum absolute atomic E-state index is 4.33. The molecule has 0 aliphatic heterocycles. The van der Waals surface area contributed by atoms with Crippen LogP contribution >= 0.6 is 0 Å². The zero-order valence-corrected chi connectivity index (χ0v) is 9.25. The van der Waals surface area contributed by atoms with Gasteiger partial charge in [-0.2, -0.15) is 5.10 Å². The third kappa shape index (κ3) is 2.08. The highest BCUT2D eigenvalue weighted by Crippen LogP contribution is 2.37. The Labute approximate surface area is 85.5 Å². The fraction of sp³-hybridized carbons (Fsp3) is 0.727. The monoisotopic (exact) mass is 193 g/mol. The highest BCUT2D eigenvalue weighted by Gasteiger charge is 2.30. The first kappa shape index (κ1) is 9.56. The van der Waals surface area contributed by atoms with E-state index in [9.17, 15) is 0 Å². The van der Waals surface area contributed by atoms with Gasteiger partial charge in [0.05, 0.1) is 0 Å². The Kier molecular flexibility index (Phi) is 2.25. The van der Waals surface area contributed by atoms with Crippen molar-refractivity contribution in [3.63, 3.8) is 0 Å². The first-order valence-electron chi connectivity index (χ1n) is 5.31. The number of anilines is 1. The molecule has 0 saturated heterocycles. The molecule has 0 bridgehead atoms. The summed E-state index contributed by atoms with van der Waals surface area (Å²) in [5.74, 6) is 1.01. The van der Waals surface area contributed by atoms with Crippen molar-refractivity contribution in [3.8, 4) is 0 Å². The van der Waals surface area contributed by atoms with Crippen LogP contribution in [0.5, 0.6) is 0 Å². The number of nitrogens with zero attached hydrogens (tertiary/aromatic N) is 2. The fourth-order valence-electron chi connectivity index (χ4n) is 2.26. The first-order valence-corrected chi connectivity index (χ1v) is 5.31. The summed E-state index contributed by atoms with van der Waals surface area (Å²) >= 11 is 0. The Morgan fingerprint density at radius 3 is 2.86 bits per heavy atom. The second kappa shape index (κ2) is 3.30. The molecular formula is C11H19N3. The van der Waals surface area contributed by atoms with Crippen molar-refractivity contribution in [2.75, 3.05) is 5.32 Å². The average Bonchev–Trinajstić information content (AvgIpc) is 2.59. The maximum atomic E-state index is 4.33. The van der Waals surface area contributed by atoms with Gasteiger partial charge in [-0.3, -0.25) is 4.68 Å². The molecule has 3 nitrogen and oxygen atoms in total. The van der Waals surface area contributed by atoms with E-state index in [1.165, 1.54) is 19.3 Å². The second-order valence-electron chi connectivity index (χ2n) is 5.12. The van der Waals surface area contributed by atoms with E-state index in [0.717, 1.165) is 5.82 Å². The van der Waals surface area contributed by atoms with Gasteiger partial charge in [0, 0.05) is 25.4 Å². The summed E-state index contributed by atoms with van der Waals surface area (Å²) < 4.78 is 1.84. The molecule has 1 heterocycles. The van der Waals surface area contributed by atoms with Crippen LogP contribution in [-0.4, -0.2) is 15.8 Å². The molecule has 2 rings (SSSR count). The normalized spacial score (nSPS) is 25.2. The molecular weight excluding hydrogens is 174 g/mol. The van der Waals surface area contributed by atoms with Crippen LogP contribution in [0.1, 0.15) is 33.1 Å². The van der Waals surface area contributed by atoms with Gasteiger partial charge < -0.3 is 5.32 Å². The van der Waals surface area contributed by atoms with Crippen LogP contribution in [0, 0.1) is 5.41 Å². The van der Waals surface area contributed by atoms with Gasteiger partial charge in [0.25, 0.3) is 0 Å². The van der Waals surface area contributed by atoms with Crippen molar-refractivity contribution < 1.29 is 0 Å². The largest absolute Gasteiger partial charge is 0.366 e. The van der Waals surface area contributed by atoms with Crippen molar-refractivity contribution in [1.82, 2.24) is 9.78 Å². The lowest BCUT2D eigenvalue weighted by molar-refractivity contribution is 0.378. The van der Waals surface area contributed by atoms with E-state index in [1.54, 1.807) is 0 Å². The van der Waals surface area contributed by atoms with Crippen LogP contribution in [0.15, 0.2) is 12.3 Å². The van der Waals surface area contributed by atoms with E-state index in [4.69, 9.17) is 0 Å². The third-order valence-electron chi connectivity index (χ3n) is 3.03. The molecule has 0 amide bonds. The van der Waals surface area contributed by atoms with Gasteiger partial charge in [-0.15, -0.1) is 0 Å². The van der Waals surface area contributed by atoms with E-state index in [-0.39, 0.29) is 0 Å². The molecule has 1 saturated carbocycles. The molecule has 0 spiro atoms. The van der Waals surface area contributed by atoms with Gasteiger partial charge in [-0.1, -0.05) is 13.8 Å². The predicted octanol–water partition coefficient (Wildman–Crippen LogP) is 2.41. The van der Waals surface area contributed by atoms with Crippen molar-refractivity contribution in [3.05, 3.63) is 12.3 Å². The van der Waals surface area contributed by atoms with Crippen molar-refractivity contribution >= 4 is 5.82 Å². The molecule has 0 radical (unpaired) electrons. The van der Waals surface area contributed by atoms with Crippen LogP contribution in [0.3, 0.4) is 0 Å². The summed E-state index contributed by atoms with van der Waals surface area (Å²) in [5, 5.41) is 7.81. The highest BCUT2D eigenvalue weighted by molar-refractivity contribution is 5.33. The summed E-state index contributed by atoms with van der Waals surface area (Å²) in [6.45, 7) is 4.68. The summed E-state index contributed by atoms with van der Waals surface area (Å²) in [6.07, 6.45) is 5.81. The fourth-order valence-corrected chi connectivity index (χ4v) is 2.26. The molecule has 14 heavy (non-hydrogen) atoms. The molecule has 1 N–H and O–H groups in total. The van der Waals surface area contributed by atoms with E-state index < -0.39 is 0 Å². The minimum atomic E-state index is 0.506. The van der Waals surface area contributed by atoms with Gasteiger partial charge in [-0.05, 0) is 24.7 Å². The van der Waals surface area contributed by atoms with Crippen molar-refractivity contribution in [2.45, 2.75) is 39.2 Å². The molecule has 1 atom stereocenters. The predicted molar refractivity (Wildman–Crippen MR) is 58.3 cm³/mol. The minimum absolute atomic E-state index is 0.506. The van der Waals surface area contributed by atoms with E-state index in [1.807, 2.05) is 24.0 Å². The average molecular weight is 193 g/mol. The number of hydrogen-bond donors (Lipinski definition) is 1. The van der Waals surface area contributed by atoms with Crippen LogP contribution in [0.25, 0.3) is 0 Å². The molecule has 1 unspecified atom stereocenters. The molecule has 78 valence electrons. The van der Waals surface area contributed by atoms with Crippen molar-refractivity contribution in [2.24, 2.45) is 12.5 Å². The lowest BCUT2D eigenvalue weighted by Gasteiger charge is -2.17. The smallest absolute Gasteiger partial charge is 0.148 e. The summed E-state index contributed by atoms with van der Waals surface area (Å²) in [5.41, 5.74) is 0.506. The molecule has 3 heteroatoms. The van der Waals surface area contributed by atoms with E-state index in [2.05, 4.69) is 24.3 Å². The number of hydrogen-bond acceptors (Lipinski definition) is 2. The van der Waals surface area contributed by atoms with E-state index >= 15 is 0 Å². The minimum Gasteiger partial charge on any atom is -0.366 e. The van der Waals surface area contributed by atoms with Crippen LogP contribution in [-0.2, 0) is 7.05 Å². The number of rotatable bonds is 2. The Balaban J connectivity index is 1.94. The molecule has 1 fully saturated rings. The zero-order chi connectivity index (χ0) is 10.2. The Hall–Kier alpha value is -0.990. The summed E-state index contributed by atoms with van der Waals surface area (Å²) in [4.78, 5) is 0. The van der Waals surface area contributed by atoms with Gasteiger partial charge >= 0.3 is 0 Å². The quantitative estimate of drug-likeness (QED) is 0.781. The maximum Gasteiger partial charge on any atom is 0.148 e. The van der Waals surface area contributed by atoms with Gasteiger partial charge in [0.1, 0.15) is 5.82 Å². The molecule has 1 aliphatic carbocycles. The van der Waals surface area contributed by atoms with Gasteiger partial charge in [0.2, 0.25) is 0 Å². The van der Waals surface area contributed by atoms with Gasteiger partial charge in [0.15, 0.2) is 0 Å². The first-order chi connectivity index (χ1) is 6.55. The van der Waals surface area contributed by atoms with Gasteiger partial charge in [-0.25, -0.2) is 0 Å². The summed E-state index contributed by atoms with van der Waals surface area (Å²) in [6, 6.07) is 2.64. The molecule has 1 aromatic heterocycles. The standard InChI is InChI=1S/C11H19N3/c1-11(2)6-4-9(8-11)12-10-5-7-14(3)13-10/h5,7,9H,4,6,8H2,1-3H3,(H,12,13). The number of aryl methyl sites for hydroxylation is 1. The highest BCUT2D eigenvalue weighted by atomic mass is 15.3. The van der Waals surface area contributed by atoms with E-state index in [0.29, 0.717) is 11.5 Å². The molecule has 1 aromatic rings. The SMILES string of the molecule is Cn1ccc(NC2CCC(C)(C)C2)n1.